The van der Waals surface area contributed by atoms with Crippen LogP contribution < -0.4 is 15.5 Å². The van der Waals surface area contributed by atoms with Crippen LogP contribution in [0.3, 0.4) is 0 Å². The molecule has 7 nitrogen and oxygen atoms in total. The minimum atomic E-state index is -0.749. The van der Waals surface area contributed by atoms with Crippen LogP contribution in [-0.2, 0) is 9.59 Å². The molecule has 1 fully saturated rings. The number of hydrogen-bond acceptors (Lipinski definition) is 4. The minimum absolute atomic E-state index is 0.200. The van der Waals surface area contributed by atoms with E-state index in [-0.39, 0.29) is 11.8 Å². The number of nitrogens with zero attached hydrogens (tertiary/aromatic N) is 1. The van der Waals surface area contributed by atoms with Crippen molar-refractivity contribution in [1.29, 1.82) is 0 Å². The van der Waals surface area contributed by atoms with Crippen LogP contribution in [0, 0.1) is 0 Å². The molecule has 3 amide bonds. The van der Waals surface area contributed by atoms with Crippen molar-refractivity contribution < 1.29 is 19.1 Å². The normalized spacial score (nSPS) is 18.5. The molecule has 1 aliphatic rings. The quantitative estimate of drug-likeness (QED) is 0.609. The van der Waals surface area contributed by atoms with E-state index in [9.17, 15) is 14.4 Å². The number of hydrogen-bond donors (Lipinski definition) is 2. The fourth-order valence-electron chi connectivity index (χ4n) is 2.78. The lowest BCUT2D eigenvalue weighted by atomic mass is 9.95. The van der Waals surface area contributed by atoms with Crippen LogP contribution >= 0.6 is 11.6 Å². The van der Waals surface area contributed by atoms with Crippen LogP contribution in [0.4, 0.5) is 5.69 Å². The molecule has 2 N–H and O–H groups in total. The number of alkyl halides is 1. The molecular formula is C19H18ClN3O4. The Hall–Kier alpha value is -3.06. The second-order valence-corrected chi connectivity index (χ2v) is 6.50. The molecule has 0 unspecified atom stereocenters. The average Bonchev–Trinajstić information content (AvgIpc) is 2.67. The van der Waals surface area contributed by atoms with Gasteiger partial charge in [0.05, 0.1) is 7.11 Å². The molecule has 0 aliphatic carbocycles. The first kappa shape index (κ1) is 18.7. The highest BCUT2D eigenvalue weighted by Gasteiger charge is 2.48. The summed E-state index contributed by atoms with van der Waals surface area (Å²) < 4.78 is 5.12. The number of halogens is 1. The molecule has 8 heteroatoms. The second-order valence-electron chi connectivity index (χ2n) is 6.03. The fraction of sp³-hybridized carbons (Fsp3) is 0.211. The summed E-state index contributed by atoms with van der Waals surface area (Å²) in [5, 5.41) is 3.10. The smallest absolute Gasteiger partial charge is 0.269 e. The van der Waals surface area contributed by atoms with Crippen LogP contribution in [-0.4, -0.2) is 35.2 Å². The molecule has 1 saturated heterocycles. The van der Waals surface area contributed by atoms with Gasteiger partial charge in [0.25, 0.3) is 11.8 Å². The zero-order valence-electron chi connectivity index (χ0n) is 14.7. The molecule has 27 heavy (non-hydrogen) atoms. The number of rotatable bonds is 5. The Morgan fingerprint density at radius 1 is 1.07 bits per heavy atom. The lowest BCUT2D eigenvalue weighted by molar-refractivity contribution is -0.149. The number of nitrogens with one attached hydrogen (secondary N) is 2. The Morgan fingerprint density at radius 2 is 1.70 bits per heavy atom. The standard InChI is InChI=1S/C19H18ClN3O4/c1-11(24)21-14-7-3-13(4-8-14)18(25)22-23-17(16(20)19(23)26)12-5-9-15(27-2)10-6-12/h3-10,16-17H,1-2H3,(H,21,24)(H,22,25)/t16-,17-/m0/s1. The molecule has 0 saturated carbocycles. The van der Waals surface area contributed by atoms with Gasteiger partial charge < -0.3 is 10.1 Å². The summed E-state index contributed by atoms with van der Waals surface area (Å²) in [5.74, 6) is -0.334. The SMILES string of the molecule is COc1ccc([C@H]2[C@H](Cl)C(=O)N2NC(=O)c2ccc(NC(C)=O)cc2)cc1. The summed E-state index contributed by atoms with van der Waals surface area (Å²) in [6.07, 6.45) is 0. The number of ether oxygens (including phenoxy) is 1. The van der Waals surface area contributed by atoms with Crippen LogP contribution in [0.15, 0.2) is 48.5 Å². The average molecular weight is 388 g/mol. The van der Waals surface area contributed by atoms with Crippen molar-refractivity contribution in [3.05, 3.63) is 59.7 Å². The third-order valence-corrected chi connectivity index (χ3v) is 4.60. The zero-order valence-corrected chi connectivity index (χ0v) is 15.5. The molecule has 0 radical (unpaired) electrons. The number of carbonyl (C=O) groups excluding carboxylic acids is 3. The molecule has 0 bridgehead atoms. The largest absolute Gasteiger partial charge is 0.497 e. The van der Waals surface area contributed by atoms with E-state index >= 15 is 0 Å². The van der Waals surface area contributed by atoms with E-state index in [1.165, 1.54) is 11.9 Å². The van der Waals surface area contributed by atoms with E-state index in [1.807, 2.05) is 0 Å². The van der Waals surface area contributed by atoms with E-state index in [4.69, 9.17) is 16.3 Å². The Kier molecular flexibility index (Phi) is 5.32. The van der Waals surface area contributed by atoms with Gasteiger partial charge in [-0.1, -0.05) is 12.1 Å². The van der Waals surface area contributed by atoms with Gasteiger partial charge in [-0.3, -0.25) is 19.8 Å². The van der Waals surface area contributed by atoms with Gasteiger partial charge in [-0.2, -0.15) is 0 Å². The van der Waals surface area contributed by atoms with Crippen LogP contribution in [0.25, 0.3) is 0 Å². The first-order valence-corrected chi connectivity index (χ1v) is 8.64. The van der Waals surface area contributed by atoms with Crippen LogP contribution in [0.2, 0.25) is 0 Å². The predicted molar refractivity (Wildman–Crippen MR) is 100 cm³/mol. The first-order chi connectivity index (χ1) is 12.9. The third kappa shape index (κ3) is 3.88. The molecule has 0 spiro atoms. The Labute approximate surface area is 161 Å². The summed E-state index contributed by atoms with van der Waals surface area (Å²) >= 11 is 6.15. The van der Waals surface area contributed by atoms with Crippen LogP contribution in [0.5, 0.6) is 5.75 Å². The lowest BCUT2D eigenvalue weighted by Crippen LogP contribution is -2.63. The lowest BCUT2D eigenvalue weighted by Gasteiger charge is -2.43. The summed E-state index contributed by atoms with van der Waals surface area (Å²) in [6, 6.07) is 13.0. The maximum absolute atomic E-state index is 12.5. The van der Waals surface area contributed by atoms with E-state index in [2.05, 4.69) is 10.7 Å². The number of amides is 3. The van der Waals surface area contributed by atoms with Crippen molar-refractivity contribution in [1.82, 2.24) is 10.4 Å². The number of β-lactam (4-membered cyclic amide) rings is 1. The van der Waals surface area contributed by atoms with Crippen molar-refractivity contribution in [3.63, 3.8) is 0 Å². The molecule has 140 valence electrons. The molecule has 1 heterocycles. The van der Waals surface area contributed by atoms with Gasteiger partial charge >= 0.3 is 0 Å². The molecule has 2 atom stereocenters. The van der Waals surface area contributed by atoms with Crippen molar-refractivity contribution in [2.75, 3.05) is 12.4 Å². The summed E-state index contributed by atoms with van der Waals surface area (Å²) in [7, 11) is 1.57. The minimum Gasteiger partial charge on any atom is -0.497 e. The highest BCUT2D eigenvalue weighted by Crippen LogP contribution is 2.37. The Morgan fingerprint density at radius 3 is 2.26 bits per heavy atom. The molecule has 3 rings (SSSR count). The molecular weight excluding hydrogens is 370 g/mol. The fourth-order valence-corrected chi connectivity index (χ4v) is 3.14. The second kappa shape index (κ2) is 7.67. The molecule has 1 aliphatic heterocycles. The van der Waals surface area contributed by atoms with E-state index < -0.39 is 17.3 Å². The van der Waals surface area contributed by atoms with Gasteiger partial charge in [-0.05, 0) is 42.0 Å². The first-order valence-electron chi connectivity index (χ1n) is 8.20. The summed E-state index contributed by atoms with van der Waals surface area (Å²) in [6.45, 7) is 1.40. The van der Waals surface area contributed by atoms with Gasteiger partial charge in [-0.25, -0.2) is 5.01 Å². The van der Waals surface area contributed by atoms with Crippen molar-refractivity contribution >= 4 is 35.0 Å². The molecule has 2 aromatic rings. The number of hydrazine groups is 1. The Balaban J connectivity index is 1.71. The van der Waals surface area contributed by atoms with E-state index in [1.54, 1.807) is 55.6 Å². The highest BCUT2D eigenvalue weighted by molar-refractivity contribution is 6.33. The van der Waals surface area contributed by atoms with Crippen molar-refractivity contribution in [2.24, 2.45) is 0 Å². The monoisotopic (exact) mass is 387 g/mol. The van der Waals surface area contributed by atoms with Gasteiger partial charge in [0.15, 0.2) is 0 Å². The number of anilines is 1. The van der Waals surface area contributed by atoms with Gasteiger partial charge in [0.1, 0.15) is 17.2 Å². The predicted octanol–water partition coefficient (Wildman–Crippen LogP) is 2.49. The van der Waals surface area contributed by atoms with E-state index in [0.29, 0.717) is 17.0 Å². The topological polar surface area (TPSA) is 87.7 Å². The summed E-state index contributed by atoms with van der Waals surface area (Å²) in [4.78, 5) is 35.6. The Bertz CT molecular complexity index is 868. The summed E-state index contributed by atoms with van der Waals surface area (Å²) in [5.41, 5.74) is 4.31. The van der Waals surface area contributed by atoms with Crippen molar-refractivity contribution in [2.45, 2.75) is 18.3 Å². The third-order valence-electron chi connectivity index (χ3n) is 4.18. The molecule has 0 aromatic heterocycles. The van der Waals surface area contributed by atoms with Gasteiger partial charge in [0, 0.05) is 18.2 Å². The van der Waals surface area contributed by atoms with Crippen LogP contribution in [0.1, 0.15) is 28.9 Å². The number of benzene rings is 2. The van der Waals surface area contributed by atoms with Crippen molar-refractivity contribution in [3.8, 4) is 5.75 Å². The van der Waals surface area contributed by atoms with E-state index in [0.717, 1.165) is 5.56 Å². The molecule has 2 aromatic carbocycles. The van der Waals surface area contributed by atoms with Gasteiger partial charge in [-0.15, -0.1) is 11.6 Å². The zero-order chi connectivity index (χ0) is 19.6. The number of methoxy groups -OCH3 is 1. The maximum atomic E-state index is 12.5. The highest BCUT2D eigenvalue weighted by atomic mass is 35.5. The maximum Gasteiger partial charge on any atom is 0.269 e. The van der Waals surface area contributed by atoms with Gasteiger partial charge in [0.2, 0.25) is 5.91 Å². The number of carbonyl (C=O) groups is 3.